The van der Waals surface area contributed by atoms with Gasteiger partial charge in [0.1, 0.15) is 47.4 Å². The lowest BCUT2D eigenvalue weighted by molar-refractivity contribution is -0.149. The summed E-state index contributed by atoms with van der Waals surface area (Å²) < 4.78 is 37.3. The third kappa shape index (κ3) is 6.67. The largest absolute Gasteiger partial charge is 0.462 e. The van der Waals surface area contributed by atoms with E-state index in [1.807, 2.05) is 0 Å². The van der Waals surface area contributed by atoms with E-state index in [1.165, 1.54) is 17.7 Å². The number of aliphatic hydroxyl groups excluding tert-OH is 2. The van der Waals surface area contributed by atoms with Crippen LogP contribution >= 0.6 is 7.75 Å². The zero-order valence-corrected chi connectivity index (χ0v) is 23.7. The number of nitrogens with one attached hydrogen (secondary N) is 1. The molecule has 7 N–H and O–H groups in total. The van der Waals surface area contributed by atoms with E-state index in [0.717, 1.165) is 0 Å². The number of anilines is 1. The highest BCUT2D eigenvalue weighted by Crippen LogP contribution is 2.46. The van der Waals surface area contributed by atoms with Gasteiger partial charge in [-0.2, -0.15) is 5.09 Å². The Hall–Kier alpha value is -3.59. The Labute approximate surface area is 235 Å². The van der Waals surface area contributed by atoms with Gasteiger partial charge >= 0.3 is 13.7 Å². The van der Waals surface area contributed by atoms with Crippen LogP contribution in [-0.4, -0.2) is 73.7 Å². The Balaban J connectivity index is 1.57. The van der Waals surface area contributed by atoms with Gasteiger partial charge in [0.25, 0.3) is 5.91 Å². The summed E-state index contributed by atoms with van der Waals surface area (Å²) in [6.07, 6.45) is -4.65. The monoisotopic (exact) mass is 592 g/mol. The maximum absolute atomic E-state index is 13.8. The molecule has 4 rings (SSSR count). The average Bonchev–Trinajstić information content (AvgIpc) is 3.40. The Kier molecular flexibility index (Phi) is 8.97. The van der Waals surface area contributed by atoms with Crippen LogP contribution in [0.5, 0.6) is 5.75 Å². The first-order valence-electron chi connectivity index (χ1n) is 12.7. The number of hydrogen-bond donors (Lipinski definition) is 5. The summed E-state index contributed by atoms with van der Waals surface area (Å²) in [7, 11) is -4.28. The van der Waals surface area contributed by atoms with E-state index < -0.39 is 62.9 Å². The number of carbonyl (C=O) groups excluding carboxylic acids is 2. The quantitative estimate of drug-likeness (QED) is 0.156. The van der Waals surface area contributed by atoms with Crippen molar-refractivity contribution in [3.8, 4) is 5.75 Å². The minimum absolute atomic E-state index is 0.00292. The molecule has 2 aromatic heterocycles. The van der Waals surface area contributed by atoms with Gasteiger partial charge in [0.15, 0.2) is 6.23 Å². The molecule has 1 aromatic carbocycles. The van der Waals surface area contributed by atoms with Gasteiger partial charge in [-0.3, -0.25) is 14.1 Å². The summed E-state index contributed by atoms with van der Waals surface area (Å²) in [5.74, 6) is -1.02. The van der Waals surface area contributed by atoms with Crippen LogP contribution in [-0.2, 0) is 23.4 Å². The van der Waals surface area contributed by atoms with Gasteiger partial charge in [0.2, 0.25) is 0 Å². The fourth-order valence-electron chi connectivity index (χ4n) is 4.27. The number of aryl methyl sites for hydroxylation is 1. The number of nitrogens with two attached hydrogens (primary N) is 2. The van der Waals surface area contributed by atoms with Crippen molar-refractivity contribution in [2.24, 2.45) is 5.73 Å². The molecule has 3 heterocycles. The third-order valence-corrected chi connectivity index (χ3v) is 7.77. The predicted octanol–water partition coefficient (Wildman–Crippen LogP) is 1.17. The van der Waals surface area contributed by atoms with E-state index in [4.69, 9.17) is 30.0 Å². The van der Waals surface area contributed by atoms with E-state index in [-0.39, 0.29) is 34.0 Å². The maximum Gasteiger partial charge on any atom is 0.459 e. The molecule has 1 fully saturated rings. The molecule has 6 atom stereocenters. The second-order valence-corrected chi connectivity index (χ2v) is 11.4. The highest BCUT2D eigenvalue weighted by Gasteiger charge is 2.46. The zero-order chi connectivity index (χ0) is 30.1. The fourth-order valence-corrected chi connectivity index (χ4v) is 5.77. The van der Waals surface area contributed by atoms with Crippen molar-refractivity contribution in [3.05, 3.63) is 47.9 Å². The number of aliphatic hydroxyl groups is 2. The normalized spacial score (nSPS) is 22.9. The first kappa shape index (κ1) is 30.4. The van der Waals surface area contributed by atoms with Crippen LogP contribution in [0.1, 0.15) is 43.2 Å². The first-order chi connectivity index (χ1) is 19.3. The number of benzene rings is 1. The predicted molar refractivity (Wildman–Crippen MR) is 146 cm³/mol. The smallest absolute Gasteiger partial charge is 0.459 e. The molecular weight excluding hydrogens is 559 g/mol. The first-order valence-corrected chi connectivity index (χ1v) is 14.3. The van der Waals surface area contributed by atoms with Crippen molar-refractivity contribution in [2.75, 3.05) is 12.3 Å². The number of rotatable bonds is 11. The van der Waals surface area contributed by atoms with E-state index >= 15 is 0 Å². The number of carbonyl (C=O) groups is 2. The molecule has 1 saturated heterocycles. The van der Waals surface area contributed by atoms with Crippen molar-refractivity contribution in [2.45, 2.75) is 64.4 Å². The molecule has 3 aromatic rings. The molecule has 2 unspecified atom stereocenters. The molecule has 1 aliphatic rings. The second-order valence-electron chi connectivity index (χ2n) is 9.75. The summed E-state index contributed by atoms with van der Waals surface area (Å²) in [4.78, 5) is 32.8. The number of ether oxygens (including phenoxy) is 2. The number of para-hydroxylation sites is 1. The number of aromatic nitrogens is 3. The minimum Gasteiger partial charge on any atom is -0.462 e. The molecule has 1 amide bonds. The van der Waals surface area contributed by atoms with E-state index in [9.17, 15) is 24.4 Å². The van der Waals surface area contributed by atoms with Crippen LogP contribution in [0.2, 0.25) is 0 Å². The van der Waals surface area contributed by atoms with Crippen LogP contribution in [0.4, 0.5) is 5.82 Å². The highest BCUT2D eigenvalue weighted by atomic mass is 31.2. The molecular formula is C25H33N6O9P. The Morgan fingerprint density at radius 3 is 2.49 bits per heavy atom. The molecule has 1 aliphatic heterocycles. The van der Waals surface area contributed by atoms with Gasteiger partial charge in [-0.1, -0.05) is 18.2 Å². The van der Waals surface area contributed by atoms with Crippen LogP contribution < -0.4 is 21.1 Å². The number of amides is 1. The van der Waals surface area contributed by atoms with Crippen molar-refractivity contribution < 1.29 is 42.9 Å². The topological polar surface area (TPSA) is 223 Å². The van der Waals surface area contributed by atoms with Gasteiger partial charge in [0, 0.05) is 6.20 Å². The van der Waals surface area contributed by atoms with E-state index in [1.54, 1.807) is 51.1 Å². The van der Waals surface area contributed by atoms with Crippen LogP contribution in [0, 0.1) is 6.92 Å². The van der Waals surface area contributed by atoms with E-state index in [2.05, 4.69) is 15.1 Å². The number of fused-ring (bicyclic) bond motifs is 1. The molecule has 0 aliphatic carbocycles. The van der Waals surface area contributed by atoms with Crippen LogP contribution in [0.3, 0.4) is 0 Å². The van der Waals surface area contributed by atoms with E-state index in [0.29, 0.717) is 0 Å². The summed E-state index contributed by atoms with van der Waals surface area (Å²) >= 11 is 0. The molecule has 222 valence electrons. The summed E-state index contributed by atoms with van der Waals surface area (Å²) in [6, 6.07) is 7.03. The summed E-state index contributed by atoms with van der Waals surface area (Å²) in [5, 5.41) is 24.4. The van der Waals surface area contributed by atoms with Gasteiger partial charge in [-0.25, -0.2) is 14.5 Å². The van der Waals surface area contributed by atoms with Gasteiger partial charge in [-0.05, 0) is 39.8 Å². The highest BCUT2D eigenvalue weighted by molar-refractivity contribution is 7.52. The van der Waals surface area contributed by atoms with Gasteiger partial charge in [0.05, 0.1) is 23.7 Å². The lowest BCUT2D eigenvalue weighted by atomic mass is 10.1. The fraction of sp³-hybridized carbons (Fsp3) is 0.440. The zero-order valence-electron chi connectivity index (χ0n) is 22.8. The Morgan fingerprint density at radius 1 is 1.17 bits per heavy atom. The lowest BCUT2D eigenvalue weighted by Gasteiger charge is -2.25. The number of nitrogens with zero attached hydrogens (tertiary/aromatic N) is 3. The standard InChI is InChI=1S/C25H33N6O9P/c1-12(2)38-25(35)13(3)30-41(36,40-15-8-6-5-7-9-15)37-11-17-19(32)20(33)24(39-17)31-10-16(22(27)34)18-21(26)28-14(4)29-23(18)31/h5-10,12-13,17,19-20,24,32-33H,11H2,1-4H3,(H2,27,34)(H,30,36)(H2,26,28,29)/t13-,17?,19+,20+,24+,41?/m0/s1. The van der Waals surface area contributed by atoms with Gasteiger partial charge < -0.3 is 40.2 Å². The SMILES string of the molecule is Cc1nc(N)c2c(C(N)=O)cn([C@@H]3OC(COP(=O)(N[C@@H](C)C(=O)OC(C)C)Oc4ccccc4)[C@@H](O)[C@H]3O)c2n1. The van der Waals surface area contributed by atoms with Crippen molar-refractivity contribution in [1.29, 1.82) is 0 Å². The molecule has 0 saturated carbocycles. The number of primary amides is 1. The van der Waals surface area contributed by atoms with Crippen molar-refractivity contribution >= 4 is 36.5 Å². The Bertz CT molecular complexity index is 1470. The average molecular weight is 593 g/mol. The Morgan fingerprint density at radius 2 is 1.85 bits per heavy atom. The van der Waals surface area contributed by atoms with Crippen molar-refractivity contribution in [1.82, 2.24) is 19.6 Å². The van der Waals surface area contributed by atoms with Crippen LogP contribution in [0.25, 0.3) is 11.0 Å². The molecule has 0 radical (unpaired) electrons. The van der Waals surface area contributed by atoms with Crippen molar-refractivity contribution in [3.63, 3.8) is 0 Å². The van der Waals surface area contributed by atoms with Gasteiger partial charge in [-0.15, -0.1) is 0 Å². The minimum atomic E-state index is -4.28. The molecule has 0 spiro atoms. The lowest BCUT2D eigenvalue weighted by Crippen LogP contribution is -2.38. The summed E-state index contributed by atoms with van der Waals surface area (Å²) in [5.41, 5.74) is 11.7. The second kappa shape index (κ2) is 12.1. The number of nitrogen functional groups attached to an aromatic ring is 1. The molecule has 0 bridgehead atoms. The third-order valence-electron chi connectivity index (χ3n) is 6.12. The maximum atomic E-state index is 13.8. The van der Waals surface area contributed by atoms with Crippen LogP contribution in [0.15, 0.2) is 36.5 Å². The number of esters is 1. The summed E-state index contributed by atoms with van der Waals surface area (Å²) in [6.45, 7) is 5.83. The molecule has 41 heavy (non-hydrogen) atoms. The molecule has 16 heteroatoms. The number of hydrogen-bond acceptors (Lipinski definition) is 12. The molecule has 15 nitrogen and oxygen atoms in total.